The maximum atomic E-state index is 4.59. The minimum atomic E-state index is 1.09. The normalized spacial score (nSPS) is 18.2. The molecule has 1 aromatic carbocycles. The molecule has 0 radical (unpaired) electrons. The summed E-state index contributed by atoms with van der Waals surface area (Å²) in [5.41, 5.74) is 0. The molecule has 3 rings (SSSR count). The van der Waals surface area contributed by atoms with Crippen LogP contribution in [0.2, 0.25) is 0 Å². The Labute approximate surface area is 99.5 Å². The lowest BCUT2D eigenvalue weighted by Gasteiger charge is -2.32. The molecule has 0 N–H and O–H groups in total. The van der Waals surface area contributed by atoms with Crippen LogP contribution < -0.4 is 4.90 Å². The lowest BCUT2D eigenvalue weighted by Crippen LogP contribution is -2.44. The number of rotatable bonds is 1. The molecule has 0 aliphatic carbocycles. The average molecular weight is 233 g/mol. The van der Waals surface area contributed by atoms with Gasteiger partial charge in [0.2, 0.25) is 0 Å². The van der Waals surface area contributed by atoms with Crippen LogP contribution in [0.5, 0.6) is 0 Å². The van der Waals surface area contributed by atoms with Crippen molar-refractivity contribution in [3.8, 4) is 0 Å². The first-order valence-corrected chi connectivity index (χ1v) is 6.40. The molecule has 0 saturated carbocycles. The molecule has 1 fully saturated rings. The van der Waals surface area contributed by atoms with E-state index in [9.17, 15) is 0 Å². The molecule has 0 atom stereocenters. The lowest BCUT2D eigenvalue weighted by molar-refractivity contribution is 0.312. The molecule has 4 heteroatoms. The Balaban J connectivity index is 1.94. The minimum Gasteiger partial charge on any atom is -0.353 e. The Hall–Kier alpha value is -1.13. The largest absolute Gasteiger partial charge is 0.353 e. The number of hydrogen-bond donors (Lipinski definition) is 0. The number of nitrogens with zero attached hydrogens (tertiary/aromatic N) is 3. The number of hydrogen-bond acceptors (Lipinski definition) is 4. The second-order valence-corrected chi connectivity index (χ2v) is 5.10. The summed E-state index contributed by atoms with van der Waals surface area (Å²) in [4.78, 5) is 4.77. The Morgan fingerprint density at radius 3 is 2.69 bits per heavy atom. The molecule has 1 aliphatic rings. The van der Waals surface area contributed by atoms with E-state index in [2.05, 4.69) is 45.5 Å². The Morgan fingerprint density at radius 2 is 1.88 bits per heavy atom. The highest BCUT2D eigenvalue weighted by atomic mass is 32.1. The van der Waals surface area contributed by atoms with Gasteiger partial charge < -0.3 is 9.80 Å². The second kappa shape index (κ2) is 4.03. The number of likely N-dealkylation sites (N-methyl/N-ethyl adjacent to an activating group) is 1. The first-order chi connectivity index (χ1) is 7.84. The predicted octanol–water partition coefficient (Wildman–Crippen LogP) is 2.05. The predicted molar refractivity (Wildman–Crippen MR) is 69.3 cm³/mol. The minimum absolute atomic E-state index is 1.09. The Kier molecular flexibility index (Phi) is 2.53. The molecule has 0 spiro atoms. The van der Waals surface area contributed by atoms with E-state index in [1.165, 1.54) is 15.9 Å². The molecule has 2 heterocycles. The van der Waals surface area contributed by atoms with Crippen molar-refractivity contribution in [3.05, 3.63) is 24.3 Å². The third-order valence-electron chi connectivity index (χ3n) is 3.16. The van der Waals surface area contributed by atoms with Crippen molar-refractivity contribution < 1.29 is 0 Å². The summed E-state index contributed by atoms with van der Waals surface area (Å²) < 4.78 is 5.88. The van der Waals surface area contributed by atoms with E-state index < -0.39 is 0 Å². The van der Waals surface area contributed by atoms with Crippen molar-refractivity contribution in [2.45, 2.75) is 0 Å². The standard InChI is InChI=1S/C12H15N3S/c1-14-6-8-15(9-7-14)12-10-4-2-3-5-11(10)16-13-12/h2-5H,6-9H2,1H3. The number of benzene rings is 1. The SMILES string of the molecule is CN1CCN(c2nsc3ccccc23)CC1. The van der Waals surface area contributed by atoms with Gasteiger partial charge in [-0.25, -0.2) is 0 Å². The topological polar surface area (TPSA) is 19.4 Å². The van der Waals surface area contributed by atoms with Gasteiger partial charge in [-0.3, -0.25) is 0 Å². The van der Waals surface area contributed by atoms with Crippen LogP contribution in [0, 0.1) is 0 Å². The van der Waals surface area contributed by atoms with Crippen molar-refractivity contribution in [1.29, 1.82) is 0 Å². The molecular weight excluding hydrogens is 218 g/mol. The molecule has 2 aromatic rings. The Morgan fingerprint density at radius 1 is 1.12 bits per heavy atom. The van der Waals surface area contributed by atoms with Crippen molar-refractivity contribution in [2.24, 2.45) is 0 Å². The lowest BCUT2D eigenvalue weighted by atomic mass is 10.2. The summed E-state index contributed by atoms with van der Waals surface area (Å²) >= 11 is 1.60. The van der Waals surface area contributed by atoms with Gasteiger partial charge in [-0.15, -0.1) is 0 Å². The van der Waals surface area contributed by atoms with Gasteiger partial charge in [0.1, 0.15) is 5.82 Å². The number of piperazine rings is 1. The van der Waals surface area contributed by atoms with Crippen molar-refractivity contribution in [2.75, 3.05) is 38.1 Å². The molecule has 84 valence electrons. The highest BCUT2D eigenvalue weighted by Crippen LogP contribution is 2.29. The third kappa shape index (κ3) is 1.68. The average Bonchev–Trinajstić information content (AvgIpc) is 2.74. The molecule has 0 amide bonds. The maximum Gasteiger partial charge on any atom is 0.150 e. The second-order valence-electron chi connectivity index (χ2n) is 4.29. The van der Waals surface area contributed by atoms with E-state index >= 15 is 0 Å². The van der Waals surface area contributed by atoms with Crippen LogP contribution in [0.4, 0.5) is 5.82 Å². The van der Waals surface area contributed by atoms with Gasteiger partial charge in [0, 0.05) is 31.6 Å². The first kappa shape index (κ1) is 10.1. The van der Waals surface area contributed by atoms with Crippen molar-refractivity contribution in [1.82, 2.24) is 9.27 Å². The molecule has 1 aromatic heterocycles. The summed E-state index contributed by atoms with van der Waals surface area (Å²) in [7, 11) is 2.18. The molecule has 0 bridgehead atoms. The van der Waals surface area contributed by atoms with Crippen LogP contribution >= 0.6 is 11.5 Å². The van der Waals surface area contributed by atoms with E-state index in [-0.39, 0.29) is 0 Å². The molecule has 16 heavy (non-hydrogen) atoms. The van der Waals surface area contributed by atoms with Crippen LogP contribution in [0.1, 0.15) is 0 Å². The molecule has 1 saturated heterocycles. The smallest absolute Gasteiger partial charge is 0.150 e. The summed E-state index contributed by atoms with van der Waals surface area (Å²) in [5, 5.41) is 1.30. The fraction of sp³-hybridized carbons (Fsp3) is 0.417. The van der Waals surface area contributed by atoms with Crippen LogP contribution in [0.3, 0.4) is 0 Å². The van der Waals surface area contributed by atoms with Gasteiger partial charge in [-0.2, -0.15) is 4.37 Å². The highest BCUT2D eigenvalue weighted by Gasteiger charge is 2.18. The van der Waals surface area contributed by atoms with Gasteiger partial charge >= 0.3 is 0 Å². The van der Waals surface area contributed by atoms with Crippen LogP contribution in [-0.4, -0.2) is 42.5 Å². The fourth-order valence-corrected chi connectivity index (χ4v) is 2.91. The summed E-state index contributed by atoms with van der Waals surface area (Å²) in [5.74, 6) is 1.17. The first-order valence-electron chi connectivity index (χ1n) is 5.62. The highest BCUT2D eigenvalue weighted by molar-refractivity contribution is 7.13. The summed E-state index contributed by atoms with van der Waals surface area (Å²) in [6.07, 6.45) is 0. The van der Waals surface area contributed by atoms with E-state index in [4.69, 9.17) is 0 Å². The zero-order chi connectivity index (χ0) is 11.0. The number of aromatic nitrogens is 1. The molecule has 3 nitrogen and oxygen atoms in total. The fourth-order valence-electron chi connectivity index (χ4n) is 2.12. The molecule has 0 unspecified atom stereocenters. The van der Waals surface area contributed by atoms with Gasteiger partial charge in [-0.1, -0.05) is 12.1 Å². The van der Waals surface area contributed by atoms with Crippen LogP contribution in [0.25, 0.3) is 10.1 Å². The summed E-state index contributed by atoms with van der Waals surface area (Å²) in [6.45, 7) is 4.44. The summed E-state index contributed by atoms with van der Waals surface area (Å²) in [6, 6.07) is 8.49. The van der Waals surface area contributed by atoms with Crippen molar-refractivity contribution in [3.63, 3.8) is 0 Å². The molecular formula is C12H15N3S. The Bertz CT molecular complexity index is 486. The van der Waals surface area contributed by atoms with Crippen LogP contribution in [-0.2, 0) is 0 Å². The van der Waals surface area contributed by atoms with Gasteiger partial charge in [0.15, 0.2) is 0 Å². The zero-order valence-corrected chi connectivity index (χ0v) is 10.2. The van der Waals surface area contributed by atoms with Gasteiger partial charge in [0.25, 0.3) is 0 Å². The maximum absolute atomic E-state index is 4.59. The molecule has 1 aliphatic heterocycles. The number of fused-ring (bicyclic) bond motifs is 1. The van der Waals surface area contributed by atoms with E-state index in [0.717, 1.165) is 26.2 Å². The monoisotopic (exact) mass is 233 g/mol. The quantitative estimate of drug-likeness (QED) is 0.751. The van der Waals surface area contributed by atoms with Gasteiger partial charge in [-0.05, 0) is 30.7 Å². The van der Waals surface area contributed by atoms with E-state index in [0.29, 0.717) is 0 Å². The van der Waals surface area contributed by atoms with Crippen molar-refractivity contribution >= 4 is 27.4 Å². The zero-order valence-electron chi connectivity index (χ0n) is 9.39. The number of anilines is 1. The third-order valence-corrected chi connectivity index (χ3v) is 3.98. The van der Waals surface area contributed by atoms with E-state index in [1.807, 2.05) is 0 Å². The van der Waals surface area contributed by atoms with Gasteiger partial charge in [0.05, 0.1) is 4.70 Å². The van der Waals surface area contributed by atoms with E-state index in [1.54, 1.807) is 11.5 Å². The van der Waals surface area contributed by atoms with Crippen LogP contribution in [0.15, 0.2) is 24.3 Å².